The van der Waals surface area contributed by atoms with Crippen LogP contribution < -0.4 is 5.73 Å². The van der Waals surface area contributed by atoms with E-state index in [9.17, 15) is 20.6 Å². The molecule has 1 aliphatic heterocycles. The number of non-ortho nitro benzene ring substituents is 1. The maximum Gasteiger partial charge on any atom is 0.292 e. The summed E-state index contributed by atoms with van der Waals surface area (Å²) >= 11 is 6.21. The fourth-order valence-corrected chi connectivity index (χ4v) is 4.08. The minimum Gasteiger partial charge on any atom is -0.386 e. The molecule has 128 valence electrons. The number of nitro benzene ring substituents is 1. The van der Waals surface area contributed by atoms with Gasteiger partial charge in [0.05, 0.1) is 17.1 Å². The highest BCUT2D eigenvalue weighted by Crippen LogP contribution is 2.82. The third-order valence-corrected chi connectivity index (χ3v) is 5.33. The number of nitriles is 2. The van der Waals surface area contributed by atoms with Crippen LogP contribution in [0.3, 0.4) is 0 Å². The van der Waals surface area contributed by atoms with Crippen LogP contribution in [0, 0.1) is 43.6 Å². The molecule has 25 heavy (non-hydrogen) atoms. The molecule has 10 heteroatoms. The van der Waals surface area contributed by atoms with Crippen LogP contribution in [0.1, 0.15) is 11.5 Å². The molecular formula is C15H12ClN5O4. The SMILES string of the molecule is COC1(OC)N=C(N)C2(C#N)C(c3cc([N+](=O)[O-])ccc3Cl)C12C#N. The molecule has 2 aliphatic rings. The van der Waals surface area contributed by atoms with E-state index in [1.54, 1.807) is 0 Å². The molecule has 0 amide bonds. The van der Waals surface area contributed by atoms with Crippen molar-refractivity contribution < 1.29 is 14.4 Å². The molecule has 0 bridgehead atoms. The number of ether oxygens (including phenoxy) is 2. The Labute approximate surface area is 147 Å². The van der Waals surface area contributed by atoms with Gasteiger partial charge in [-0.1, -0.05) is 11.6 Å². The van der Waals surface area contributed by atoms with Crippen molar-refractivity contribution in [2.75, 3.05) is 14.2 Å². The summed E-state index contributed by atoms with van der Waals surface area (Å²) in [5, 5.41) is 31.0. The van der Waals surface area contributed by atoms with E-state index < -0.39 is 27.6 Å². The summed E-state index contributed by atoms with van der Waals surface area (Å²) in [7, 11) is 2.55. The zero-order valence-electron chi connectivity index (χ0n) is 13.2. The number of benzene rings is 1. The Hall–Kier alpha value is -2.72. The second-order valence-electron chi connectivity index (χ2n) is 5.72. The van der Waals surface area contributed by atoms with Crippen molar-refractivity contribution in [1.82, 2.24) is 0 Å². The molecule has 0 radical (unpaired) electrons. The van der Waals surface area contributed by atoms with E-state index in [4.69, 9.17) is 26.8 Å². The quantitative estimate of drug-likeness (QED) is 0.487. The van der Waals surface area contributed by atoms with Gasteiger partial charge in [0.1, 0.15) is 11.3 Å². The lowest BCUT2D eigenvalue weighted by Crippen LogP contribution is -2.41. The third-order valence-electron chi connectivity index (χ3n) is 4.98. The Morgan fingerprint density at radius 1 is 1.36 bits per heavy atom. The van der Waals surface area contributed by atoms with Crippen molar-refractivity contribution in [2.45, 2.75) is 11.8 Å². The van der Waals surface area contributed by atoms with Crippen LogP contribution in [-0.4, -0.2) is 30.9 Å². The first-order valence-corrected chi connectivity index (χ1v) is 7.42. The van der Waals surface area contributed by atoms with Crippen molar-refractivity contribution in [3.05, 3.63) is 38.9 Å². The molecule has 1 aromatic carbocycles. The van der Waals surface area contributed by atoms with Crippen LogP contribution in [0.2, 0.25) is 5.02 Å². The van der Waals surface area contributed by atoms with E-state index in [1.807, 2.05) is 6.07 Å². The maximum absolute atomic E-state index is 11.1. The minimum atomic E-state index is -1.81. The molecule has 9 nitrogen and oxygen atoms in total. The molecule has 1 saturated carbocycles. The third kappa shape index (κ3) is 1.65. The van der Waals surface area contributed by atoms with Crippen LogP contribution in [0.4, 0.5) is 5.69 Å². The average molecular weight is 362 g/mol. The summed E-state index contributed by atoms with van der Waals surface area (Å²) in [6, 6.07) is 7.90. The first kappa shape index (κ1) is 17.1. The van der Waals surface area contributed by atoms with Crippen LogP contribution in [0.25, 0.3) is 0 Å². The van der Waals surface area contributed by atoms with Gasteiger partial charge in [0.2, 0.25) is 0 Å². The number of fused-ring (bicyclic) bond motifs is 1. The average Bonchev–Trinajstić information content (AvgIpc) is 3.17. The number of nitro groups is 1. The second-order valence-corrected chi connectivity index (χ2v) is 6.13. The molecule has 1 aliphatic carbocycles. The maximum atomic E-state index is 11.1. The molecule has 3 rings (SSSR count). The van der Waals surface area contributed by atoms with Gasteiger partial charge in [-0.05, 0) is 11.6 Å². The number of methoxy groups -OCH3 is 2. The molecule has 0 spiro atoms. The molecule has 3 unspecified atom stereocenters. The number of rotatable bonds is 4. The minimum absolute atomic E-state index is 0.132. The van der Waals surface area contributed by atoms with Gasteiger partial charge in [-0.2, -0.15) is 10.5 Å². The lowest BCUT2D eigenvalue weighted by Gasteiger charge is -2.29. The smallest absolute Gasteiger partial charge is 0.292 e. The fraction of sp³-hybridized carbons (Fsp3) is 0.400. The Bertz CT molecular complexity index is 900. The van der Waals surface area contributed by atoms with E-state index in [0.717, 1.165) is 0 Å². The topological polar surface area (TPSA) is 148 Å². The number of aliphatic imine (C=N–C) groups is 1. The van der Waals surface area contributed by atoms with Crippen LogP contribution in [-0.2, 0) is 9.47 Å². The molecule has 1 aromatic rings. The molecule has 0 saturated heterocycles. The van der Waals surface area contributed by atoms with Crippen LogP contribution >= 0.6 is 11.6 Å². The van der Waals surface area contributed by atoms with Gasteiger partial charge in [0.15, 0.2) is 5.41 Å². The van der Waals surface area contributed by atoms with Crippen molar-refractivity contribution in [3.8, 4) is 12.1 Å². The van der Waals surface area contributed by atoms with E-state index in [1.165, 1.54) is 32.4 Å². The van der Waals surface area contributed by atoms with Crippen LogP contribution in [0.5, 0.6) is 0 Å². The van der Waals surface area contributed by atoms with E-state index >= 15 is 0 Å². The summed E-state index contributed by atoms with van der Waals surface area (Å²) in [6.45, 7) is 0. The monoisotopic (exact) mass is 361 g/mol. The van der Waals surface area contributed by atoms with Gasteiger partial charge in [0, 0.05) is 37.3 Å². The Balaban J connectivity index is 2.29. The van der Waals surface area contributed by atoms with Crippen molar-refractivity contribution in [2.24, 2.45) is 21.6 Å². The highest BCUT2D eigenvalue weighted by molar-refractivity contribution is 6.31. The summed E-state index contributed by atoms with van der Waals surface area (Å²) in [5.41, 5.74) is 2.83. The van der Waals surface area contributed by atoms with Crippen molar-refractivity contribution >= 4 is 23.1 Å². The first-order valence-electron chi connectivity index (χ1n) is 7.04. The highest BCUT2D eigenvalue weighted by Gasteiger charge is 2.93. The van der Waals surface area contributed by atoms with E-state index in [-0.39, 0.29) is 22.1 Å². The number of amidine groups is 1. The predicted octanol–water partition coefficient (Wildman–Crippen LogP) is 1.68. The summed E-state index contributed by atoms with van der Waals surface area (Å²) in [4.78, 5) is 14.6. The predicted molar refractivity (Wildman–Crippen MR) is 85.3 cm³/mol. The van der Waals surface area contributed by atoms with Gasteiger partial charge < -0.3 is 15.2 Å². The molecular weight excluding hydrogens is 350 g/mol. The number of hydrogen-bond acceptors (Lipinski definition) is 8. The Morgan fingerprint density at radius 3 is 2.48 bits per heavy atom. The molecule has 3 atom stereocenters. The van der Waals surface area contributed by atoms with Crippen molar-refractivity contribution in [3.63, 3.8) is 0 Å². The van der Waals surface area contributed by atoms with Crippen molar-refractivity contribution in [1.29, 1.82) is 10.5 Å². The Kier molecular flexibility index (Phi) is 3.52. The molecule has 1 heterocycles. The first-order chi connectivity index (χ1) is 11.8. The lowest BCUT2D eigenvalue weighted by molar-refractivity contribution is -0.384. The fourth-order valence-electron chi connectivity index (χ4n) is 3.85. The largest absolute Gasteiger partial charge is 0.386 e. The highest BCUT2D eigenvalue weighted by atomic mass is 35.5. The summed E-state index contributed by atoms with van der Waals surface area (Å²) in [5.74, 6) is -2.83. The van der Waals surface area contributed by atoms with E-state index in [0.29, 0.717) is 0 Å². The standard InChI is InChI=1S/C15H12ClN5O4/c1-24-15(25-2)14(7-18)11(13(14,6-17)12(19)20-15)9-5-8(21(22)23)3-4-10(9)16/h3-5,11H,1-2H3,(H2,19,20). The van der Waals surface area contributed by atoms with Gasteiger partial charge in [0.25, 0.3) is 11.6 Å². The molecule has 0 aromatic heterocycles. The van der Waals surface area contributed by atoms with Gasteiger partial charge in [-0.3, -0.25) is 10.1 Å². The van der Waals surface area contributed by atoms with Crippen LogP contribution in [0.15, 0.2) is 23.2 Å². The normalized spacial score (nSPS) is 31.4. The number of hydrogen-bond donors (Lipinski definition) is 1. The second kappa shape index (κ2) is 5.14. The zero-order valence-corrected chi connectivity index (χ0v) is 13.9. The molecule has 1 fully saturated rings. The van der Waals surface area contributed by atoms with Gasteiger partial charge in [-0.15, -0.1) is 0 Å². The summed E-state index contributed by atoms with van der Waals surface area (Å²) in [6.07, 6.45) is 0. The number of nitrogens with zero attached hydrogens (tertiary/aromatic N) is 4. The number of halogens is 1. The molecule has 2 N–H and O–H groups in total. The summed E-state index contributed by atoms with van der Waals surface area (Å²) < 4.78 is 10.6. The van der Waals surface area contributed by atoms with Gasteiger partial charge in [-0.25, -0.2) is 4.99 Å². The Morgan fingerprint density at radius 2 is 2.00 bits per heavy atom. The van der Waals surface area contributed by atoms with E-state index in [2.05, 4.69) is 11.1 Å². The number of nitrogens with two attached hydrogens (primary N) is 1. The van der Waals surface area contributed by atoms with Gasteiger partial charge >= 0.3 is 0 Å². The zero-order chi connectivity index (χ0) is 18.6. The lowest BCUT2D eigenvalue weighted by atomic mass is 9.93.